The highest BCUT2D eigenvalue weighted by Crippen LogP contribution is 2.29. The maximum absolute atomic E-state index is 11.0. The maximum Gasteiger partial charge on any atom is 0.171 e. The first-order chi connectivity index (χ1) is 6.15. The van der Waals surface area contributed by atoms with Crippen molar-refractivity contribution in [2.45, 2.75) is 6.92 Å². The lowest BCUT2D eigenvalue weighted by atomic mass is 10.3. The highest BCUT2D eigenvalue weighted by molar-refractivity contribution is 7.18. The van der Waals surface area contributed by atoms with Crippen molar-refractivity contribution in [2.75, 3.05) is 17.6 Å². The second-order valence-electron chi connectivity index (χ2n) is 2.62. The normalized spacial score (nSPS) is 9.62. The van der Waals surface area contributed by atoms with Gasteiger partial charge in [0.2, 0.25) is 0 Å². The summed E-state index contributed by atoms with van der Waals surface area (Å²) in [6.07, 6.45) is 1.75. The van der Waals surface area contributed by atoms with Gasteiger partial charge in [0.15, 0.2) is 5.78 Å². The van der Waals surface area contributed by atoms with E-state index in [4.69, 9.17) is 5.73 Å². The van der Waals surface area contributed by atoms with E-state index in [9.17, 15) is 4.79 Å². The molecule has 0 unspecified atom stereocenters. The molecule has 0 fully saturated rings. The Bertz CT molecular complexity index is 330. The molecule has 0 radical (unpaired) electrons. The van der Waals surface area contributed by atoms with E-state index in [0.29, 0.717) is 17.1 Å². The molecule has 1 aromatic rings. The van der Waals surface area contributed by atoms with E-state index in [-0.39, 0.29) is 5.78 Å². The molecular weight excluding hydrogens is 184 g/mol. The molecule has 0 spiro atoms. The van der Waals surface area contributed by atoms with Crippen LogP contribution in [0, 0.1) is 0 Å². The van der Waals surface area contributed by atoms with Gasteiger partial charge < -0.3 is 11.1 Å². The fourth-order valence-corrected chi connectivity index (χ4v) is 1.82. The summed E-state index contributed by atoms with van der Waals surface area (Å²) in [5.74, 6) is 0.00848. The molecule has 70 valence electrons. The van der Waals surface area contributed by atoms with Crippen molar-refractivity contribution in [3.05, 3.63) is 23.6 Å². The largest absolute Gasteiger partial charge is 0.397 e. The van der Waals surface area contributed by atoms with Crippen molar-refractivity contribution in [1.82, 2.24) is 0 Å². The molecule has 0 saturated heterocycles. The molecule has 3 N–H and O–H groups in total. The van der Waals surface area contributed by atoms with E-state index in [1.54, 1.807) is 12.1 Å². The Morgan fingerprint density at radius 3 is 3.00 bits per heavy atom. The number of ketones is 1. The minimum Gasteiger partial charge on any atom is -0.397 e. The van der Waals surface area contributed by atoms with E-state index in [0.717, 1.165) is 5.00 Å². The Morgan fingerprint density at radius 1 is 1.85 bits per heavy atom. The molecule has 0 aliphatic rings. The number of Topliss-reactive ketones (excluding diaryl/α,β-unsaturated/α-hetero) is 1. The minimum absolute atomic E-state index is 0.00848. The minimum atomic E-state index is 0.00848. The van der Waals surface area contributed by atoms with E-state index < -0.39 is 0 Å². The van der Waals surface area contributed by atoms with Crippen LogP contribution in [0.1, 0.15) is 16.6 Å². The average Bonchev–Trinajstić information content (AvgIpc) is 2.43. The van der Waals surface area contributed by atoms with Crippen LogP contribution in [0.5, 0.6) is 0 Å². The van der Waals surface area contributed by atoms with Crippen LogP contribution < -0.4 is 11.1 Å². The van der Waals surface area contributed by atoms with Gasteiger partial charge in [-0.05, 0) is 6.07 Å². The van der Waals surface area contributed by atoms with Crippen LogP contribution >= 0.6 is 11.3 Å². The monoisotopic (exact) mass is 196 g/mol. The fraction of sp³-hybridized carbons (Fsp3) is 0.222. The zero-order valence-electron chi connectivity index (χ0n) is 7.46. The molecule has 0 aromatic carbocycles. The summed E-state index contributed by atoms with van der Waals surface area (Å²) in [5, 5.41) is 3.98. The van der Waals surface area contributed by atoms with Crippen molar-refractivity contribution in [1.29, 1.82) is 0 Å². The summed E-state index contributed by atoms with van der Waals surface area (Å²) in [5.41, 5.74) is 6.18. The lowest BCUT2D eigenvalue weighted by Crippen LogP contribution is -1.94. The first kappa shape index (κ1) is 9.80. The summed E-state index contributed by atoms with van der Waals surface area (Å²) in [7, 11) is 0. The quantitative estimate of drug-likeness (QED) is 0.573. The van der Waals surface area contributed by atoms with E-state index >= 15 is 0 Å². The van der Waals surface area contributed by atoms with Crippen molar-refractivity contribution in [3.8, 4) is 0 Å². The molecule has 0 aliphatic carbocycles. The standard InChI is InChI=1S/C9H12N2OS/c1-3-4-11-8-5-7(10)9(13-8)6(2)12/h3,5,11H,1,4,10H2,2H3. The predicted molar refractivity (Wildman–Crippen MR) is 57.4 cm³/mol. The van der Waals surface area contributed by atoms with Gasteiger partial charge in [-0.25, -0.2) is 0 Å². The second kappa shape index (κ2) is 4.09. The lowest BCUT2D eigenvalue weighted by molar-refractivity contribution is 0.102. The van der Waals surface area contributed by atoms with Crippen LogP contribution in [-0.4, -0.2) is 12.3 Å². The molecule has 3 nitrogen and oxygen atoms in total. The van der Waals surface area contributed by atoms with Crippen LogP contribution in [0.4, 0.5) is 10.7 Å². The molecule has 13 heavy (non-hydrogen) atoms. The maximum atomic E-state index is 11.0. The summed E-state index contributed by atoms with van der Waals surface area (Å²) in [6, 6.07) is 1.77. The molecule has 0 saturated carbocycles. The van der Waals surface area contributed by atoms with Crippen molar-refractivity contribution < 1.29 is 4.79 Å². The number of hydrogen-bond donors (Lipinski definition) is 2. The lowest BCUT2D eigenvalue weighted by Gasteiger charge is -1.95. The summed E-state index contributed by atoms with van der Waals surface area (Å²) < 4.78 is 0. The van der Waals surface area contributed by atoms with Crippen LogP contribution in [-0.2, 0) is 0 Å². The zero-order chi connectivity index (χ0) is 9.84. The summed E-state index contributed by atoms with van der Waals surface area (Å²) in [6.45, 7) is 5.78. The third-order valence-corrected chi connectivity index (χ3v) is 2.71. The molecule has 0 bridgehead atoms. The molecule has 1 heterocycles. The number of carbonyl (C=O) groups is 1. The van der Waals surface area contributed by atoms with E-state index in [2.05, 4.69) is 11.9 Å². The number of nitrogens with one attached hydrogen (secondary N) is 1. The van der Waals surface area contributed by atoms with Crippen molar-refractivity contribution >= 4 is 27.8 Å². The van der Waals surface area contributed by atoms with Crippen LogP contribution in [0.15, 0.2) is 18.7 Å². The molecular formula is C9H12N2OS. The predicted octanol–water partition coefficient (Wildman–Crippen LogP) is 2.13. The number of anilines is 2. The number of nitrogen functional groups attached to an aromatic ring is 1. The van der Waals surface area contributed by atoms with Crippen LogP contribution in [0.3, 0.4) is 0 Å². The summed E-state index contributed by atoms with van der Waals surface area (Å²) >= 11 is 1.37. The number of rotatable bonds is 4. The fourth-order valence-electron chi connectivity index (χ4n) is 0.940. The van der Waals surface area contributed by atoms with Gasteiger partial charge >= 0.3 is 0 Å². The average molecular weight is 196 g/mol. The smallest absolute Gasteiger partial charge is 0.171 e. The van der Waals surface area contributed by atoms with Crippen LogP contribution in [0.25, 0.3) is 0 Å². The first-order valence-corrected chi connectivity index (χ1v) is 4.71. The Hall–Kier alpha value is -1.29. The first-order valence-electron chi connectivity index (χ1n) is 3.90. The molecule has 0 amide bonds. The topological polar surface area (TPSA) is 55.1 Å². The van der Waals surface area contributed by atoms with E-state index in [1.165, 1.54) is 18.3 Å². The molecule has 1 aromatic heterocycles. The zero-order valence-corrected chi connectivity index (χ0v) is 8.28. The highest BCUT2D eigenvalue weighted by Gasteiger charge is 2.09. The number of nitrogens with two attached hydrogens (primary N) is 1. The van der Waals surface area contributed by atoms with Gasteiger partial charge in [-0.15, -0.1) is 17.9 Å². The summed E-state index contributed by atoms with van der Waals surface area (Å²) in [4.78, 5) is 11.7. The van der Waals surface area contributed by atoms with Gasteiger partial charge in [-0.3, -0.25) is 4.79 Å². The van der Waals surface area contributed by atoms with E-state index in [1.807, 2.05) is 0 Å². The number of hydrogen-bond acceptors (Lipinski definition) is 4. The van der Waals surface area contributed by atoms with Gasteiger partial charge in [-0.2, -0.15) is 0 Å². The van der Waals surface area contributed by atoms with Crippen molar-refractivity contribution in [2.24, 2.45) is 0 Å². The Labute approximate surface area is 81.3 Å². The Morgan fingerprint density at radius 2 is 2.54 bits per heavy atom. The van der Waals surface area contributed by atoms with Gasteiger partial charge in [0.05, 0.1) is 15.6 Å². The molecule has 0 aliphatic heterocycles. The highest BCUT2D eigenvalue weighted by atomic mass is 32.1. The van der Waals surface area contributed by atoms with Crippen molar-refractivity contribution in [3.63, 3.8) is 0 Å². The van der Waals surface area contributed by atoms with Gasteiger partial charge in [0.1, 0.15) is 0 Å². The molecule has 4 heteroatoms. The van der Waals surface area contributed by atoms with Gasteiger partial charge in [-0.1, -0.05) is 6.08 Å². The number of carbonyl (C=O) groups excluding carboxylic acids is 1. The van der Waals surface area contributed by atoms with Gasteiger partial charge in [0.25, 0.3) is 0 Å². The van der Waals surface area contributed by atoms with Gasteiger partial charge in [0, 0.05) is 13.5 Å². The Kier molecular flexibility index (Phi) is 3.08. The third kappa shape index (κ3) is 2.32. The third-order valence-electron chi connectivity index (χ3n) is 1.50. The van der Waals surface area contributed by atoms with Crippen LogP contribution in [0.2, 0.25) is 0 Å². The molecule has 1 rings (SSSR count). The Balaban J connectivity index is 2.82. The second-order valence-corrected chi connectivity index (χ2v) is 3.67. The SMILES string of the molecule is C=CCNc1cc(N)c(C(C)=O)s1. The molecule has 0 atom stereocenters. The number of thiophene rings is 1.